The molecule has 0 aliphatic heterocycles. The highest BCUT2D eigenvalue weighted by Crippen LogP contribution is 2.31. The molecule has 21 heavy (non-hydrogen) atoms. The lowest BCUT2D eigenvalue weighted by molar-refractivity contribution is -0.385. The quantitative estimate of drug-likeness (QED) is 0.677. The molecule has 1 atom stereocenters. The molecular formula is C14H11ClFNO4. The van der Waals surface area contributed by atoms with Crippen molar-refractivity contribution in [3.63, 3.8) is 0 Å². The van der Waals surface area contributed by atoms with Gasteiger partial charge in [-0.3, -0.25) is 10.1 Å². The van der Waals surface area contributed by atoms with E-state index in [-0.39, 0.29) is 22.2 Å². The average molecular weight is 312 g/mol. The number of nitro groups is 1. The largest absolute Gasteiger partial charge is 0.454 e. The molecular weight excluding hydrogens is 301 g/mol. The predicted molar refractivity (Wildman–Crippen MR) is 75.2 cm³/mol. The number of rotatable bonds is 4. The van der Waals surface area contributed by atoms with E-state index in [1.165, 1.54) is 18.2 Å². The van der Waals surface area contributed by atoms with E-state index in [2.05, 4.69) is 0 Å². The van der Waals surface area contributed by atoms with Crippen molar-refractivity contribution >= 4 is 17.3 Å². The first kappa shape index (κ1) is 15.2. The van der Waals surface area contributed by atoms with Crippen LogP contribution in [-0.2, 0) is 0 Å². The predicted octanol–water partition coefficient (Wildman–Crippen LogP) is 4.23. The van der Waals surface area contributed by atoms with E-state index in [1.807, 2.05) is 0 Å². The molecule has 7 heteroatoms. The molecule has 0 aliphatic carbocycles. The third-order valence-corrected chi connectivity index (χ3v) is 3.10. The summed E-state index contributed by atoms with van der Waals surface area (Å²) in [7, 11) is 0. The minimum atomic E-state index is -0.847. The van der Waals surface area contributed by atoms with Crippen LogP contribution in [0.4, 0.5) is 10.1 Å². The highest BCUT2D eigenvalue weighted by atomic mass is 35.5. The van der Waals surface area contributed by atoms with Gasteiger partial charge in [-0.25, -0.2) is 4.39 Å². The zero-order valence-corrected chi connectivity index (χ0v) is 11.7. The number of non-ortho nitro benzene ring substituents is 1. The fourth-order valence-electron chi connectivity index (χ4n) is 1.72. The third kappa shape index (κ3) is 3.48. The number of ether oxygens (including phenoxy) is 1. The van der Waals surface area contributed by atoms with Gasteiger partial charge in [0.15, 0.2) is 11.6 Å². The van der Waals surface area contributed by atoms with Crippen molar-refractivity contribution < 1.29 is 19.2 Å². The number of hydrogen-bond donors (Lipinski definition) is 1. The Balaban J connectivity index is 2.26. The van der Waals surface area contributed by atoms with Crippen LogP contribution in [0.2, 0.25) is 5.02 Å². The SMILES string of the molecule is CC(O)c1ccc(Oc2ccc([N+](=O)[O-])cc2F)cc1Cl. The second kappa shape index (κ2) is 6.07. The zero-order valence-electron chi connectivity index (χ0n) is 10.9. The summed E-state index contributed by atoms with van der Waals surface area (Å²) in [5.74, 6) is -0.737. The molecule has 0 saturated heterocycles. The van der Waals surface area contributed by atoms with Crippen molar-refractivity contribution in [2.45, 2.75) is 13.0 Å². The molecule has 0 radical (unpaired) electrons. The Morgan fingerprint density at radius 2 is 2.05 bits per heavy atom. The zero-order chi connectivity index (χ0) is 15.6. The van der Waals surface area contributed by atoms with Crippen molar-refractivity contribution in [2.24, 2.45) is 0 Å². The fraction of sp³-hybridized carbons (Fsp3) is 0.143. The molecule has 0 fully saturated rings. The summed E-state index contributed by atoms with van der Waals surface area (Å²) in [5, 5.41) is 20.3. The molecule has 110 valence electrons. The van der Waals surface area contributed by atoms with Crippen molar-refractivity contribution in [3.05, 3.63) is 62.9 Å². The highest BCUT2D eigenvalue weighted by Gasteiger charge is 2.13. The number of aliphatic hydroxyl groups is 1. The van der Waals surface area contributed by atoms with Gasteiger partial charge in [0.1, 0.15) is 5.75 Å². The number of benzene rings is 2. The number of hydrogen-bond acceptors (Lipinski definition) is 4. The molecule has 5 nitrogen and oxygen atoms in total. The first-order valence-electron chi connectivity index (χ1n) is 5.98. The van der Waals surface area contributed by atoms with Gasteiger partial charge in [-0.2, -0.15) is 0 Å². The van der Waals surface area contributed by atoms with Crippen LogP contribution in [-0.4, -0.2) is 10.0 Å². The van der Waals surface area contributed by atoms with E-state index in [1.54, 1.807) is 13.0 Å². The van der Waals surface area contributed by atoms with Gasteiger partial charge in [-0.15, -0.1) is 0 Å². The topological polar surface area (TPSA) is 72.6 Å². The lowest BCUT2D eigenvalue weighted by Crippen LogP contribution is -1.95. The monoisotopic (exact) mass is 311 g/mol. The maximum Gasteiger partial charge on any atom is 0.272 e. The Bertz CT molecular complexity index is 691. The van der Waals surface area contributed by atoms with E-state index in [9.17, 15) is 19.6 Å². The van der Waals surface area contributed by atoms with E-state index >= 15 is 0 Å². The van der Waals surface area contributed by atoms with Crippen LogP contribution < -0.4 is 4.74 Å². The van der Waals surface area contributed by atoms with Gasteiger partial charge in [0.05, 0.1) is 22.1 Å². The van der Waals surface area contributed by atoms with Gasteiger partial charge >= 0.3 is 0 Å². The molecule has 0 aromatic heterocycles. The number of aliphatic hydroxyl groups excluding tert-OH is 1. The summed E-state index contributed by atoms with van der Waals surface area (Å²) in [6.07, 6.45) is -0.734. The Hall–Kier alpha value is -2.18. The first-order chi connectivity index (χ1) is 9.88. The second-order valence-electron chi connectivity index (χ2n) is 4.33. The van der Waals surface area contributed by atoms with Crippen molar-refractivity contribution in [3.8, 4) is 11.5 Å². The van der Waals surface area contributed by atoms with Gasteiger partial charge in [0, 0.05) is 6.07 Å². The number of nitro benzene ring substituents is 1. The maximum atomic E-state index is 13.7. The van der Waals surface area contributed by atoms with E-state index < -0.39 is 16.8 Å². The Morgan fingerprint density at radius 1 is 1.33 bits per heavy atom. The molecule has 0 heterocycles. The van der Waals surface area contributed by atoms with E-state index in [4.69, 9.17) is 16.3 Å². The summed E-state index contributed by atoms with van der Waals surface area (Å²) in [6, 6.07) is 7.61. The van der Waals surface area contributed by atoms with Crippen molar-refractivity contribution in [1.82, 2.24) is 0 Å². The number of halogens is 2. The molecule has 0 bridgehead atoms. The van der Waals surface area contributed by atoms with Crippen molar-refractivity contribution in [2.75, 3.05) is 0 Å². The standard InChI is InChI=1S/C14H11ClFNO4/c1-8(18)11-4-3-10(7-12(11)15)21-14-5-2-9(17(19)20)6-13(14)16/h2-8,18H,1H3. The van der Waals surface area contributed by atoms with Crippen LogP contribution in [0.1, 0.15) is 18.6 Å². The van der Waals surface area contributed by atoms with Crippen LogP contribution in [0.15, 0.2) is 36.4 Å². The molecule has 1 unspecified atom stereocenters. The van der Waals surface area contributed by atoms with Gasteiger partial charge in [-0.1, -0.05) is 17.7 Å². The molecule has 0 spiro atoms. The van der Waals surface area contributed by atoms with Gasteiger partial charge in [0.2, 0.25) is 0 Å². The Morgan fingerprint density at radius 3 is 2.57 bits per heavy atom. The average Bonchev–Trinajstić information content (AvgIpc) is 2.40. The minimum Gasteiger partial charge on any atom is -0.454 e. The molecule has 2 aromatic rings. The maximum absolute atomic E-state index is 13.7. The number of nitrogens with zero attached hydrogens (tertiary/aromatic N) is 1. The highest BCUT2D eigenvalue weighted by molar-refractivity contribution is 6.31. The summed E-state index contributed by atoms with van der Waals surface area (Å²) in [4.78, 5) is 9.83. The van der Waals surface area contributed by atoms with Gasteiger partial charge < -0.3 is 9.84 Å². The van der Waals surface area contributed by atoms with Crippen LogP contribution in [0.5, 0.6) is 11.5 Å². The smallest absolute Gasteiger partial charge is 0.272 e. The molecule has 2 aromatic carbocycles. The van der Waals surface area contributed by atoms with E-state index in [0.717, 1.165) is 12.1 Å². The first-order valence-corrected chi connectivity index (χ1v) is 6.35. The minimum absolute atomic E-state index is 0.151. The third-order valence-electron chi connectivity index (χ3n) is 2.78. The van der Waals surface area contributed by atoms with Gasteiger partial charge in [-0.05, 0) is 30.7 Å². The Labute approximate surface area is 124 Å². The Kier molecular flexibility index (Phi) is 4.40. The summed E-state index contributed by atoms with van der Waals surface area (Å²) in [5.41, 5.74) is 0.163. The fourth-order valence-corrected chi connectivity index (χ4v) is 2.05. The summed E-state index contributed by atoms with van der Waals surface area (Å²) in [6.45, 7) is 1.57. The van der Waals surface area contributed by atoms with Crippen LogP contribution >= 0.6 is 11.6 Å². The normalized spacial score (nSPS) is 12.0. The molecule has 0 amide bonds. The van der Waals surface area contributed by atoms with Crippen LogP contribution in [0.3, 0.4) is 0 Å². The summed E-state index contributed by atoms with van der Waals surface area (Å²) < 4.78 is 19.0. The van der Waals surface area contributed by atoms with Crippen molar-refractivity contribution in [1.29, 1.82) is 0 Å². The van der Waals surface area contributed by atoms with E-state index in [0.29, 0.717) is 5.56 Å². The molecule has 0 saturated carbocycles. The lowest BCUT2D eigenvalue weighted by Gasteiger charge is -2.11. The van der Waals surface area contributed by atoms with Crippen LogP contribution in [0, 0.1) is 15.9 Å². The lowest BCUT2D eigenvalue weighted by atomic mass is 10.1. The van der Waals surface area contributed by atoms with Gasteiger partial charge in [0.25, 0.3) is 5.69 Å². The van der Waals surface area contributed by atoms with Crippen LogP contribution in [0.25, 0.3) is 0 Å². The second-order valence-corrected chi connectivity index (χ2v) is 4.74. The molecule has 1 N–H and O–H groups in total. The molecule has 2 rings (SSSR count). The summed E-state index contributed by atoms with van der Waals surface area (Å²) >= 11 is 5.97. The molecule has 0 aliphatic rings.